The summed E-state index contributed by atoms with van der Waals surface area (Å²) in [6, 6.07) is 2.07. The second-order valence-electron chi connectivity index (χ2n) is 2.95. The third-order valence-electron chi connectivity index (χ3n) is 2.13. The molecule has 1 saturated heterocycles. The molecule has 1 aliphatic heterocycles. The largest absolute Gasteiger partial charge is 0.353 e. The molecule has 1 rings (SSSR count). The van der Waals surface area contributed by atoms with Crippen molar-refractivity contribution in [3.63, 3.8) is 0 Å². The van der Waals surface area contributed by atoms with Crippen LogP contribution in [0.1, 0.15) is 0 Å². The average Bonchev–Trinajstić information content (AvgIpc) is 2.27. The van der Waals surface area contributed by atoms with Crippen molar-refractivity contribution in [3.05, 3.63) is 24.0 Å². The summed E-state index contributed by atoms with van der Waals surface area (Å²) in [7, 11) is 0. The van der Waals surface area contributed by atoms with Crippen molar-refractivity contribution in [2.24, 2.45) is 4.99 Å². The summed E-state index contributed by atoms with van der Waals surface area (Å²) in [5, 5.41) is 12.1. The number of allylic oxidation sites excluding steroid dienone is 2. The zero-order chi connectivity index (χ0) is 10.4. The number of nitriles is 1. The van der Waals surface area contributed by atoms with Crippen molar-refractivity contribution >= 4 is 6.72 Å². The van der Waals surface area contributed by atoms with Crippen LogP contribution in [0.4, 0.5) is 0 Å². The summed E-state index contributed by atoms with van der Waals surface area (Å²) in [4.78, 5) is 5.93. The molecule has 1 heterocycles. The predicted molar refractivity (Wildman–Crippen MR) is 56.8 cm³/mol. The number of nitrogens with zero attached hydrogens (tertiary/aromatic N) is 3. The van der Waals surface area contributed by atoms with Gasteiger partial charge in [-0.25, -0.2) is 4.99 Å². The van der Waals surface area contributed by atoms with Crippen LogP contribution in [0.25, 0.3) is 0 Å². The molecule has 0 amide bonds. The molecule has 0 bridgehead atoms. The van der Waals surface area contributed by atoms with E-state index in [0.717, 1.165) is 26.2 Å². The van der Waals surface area contributed by atoms with Gasteiger partial charge in [-0.15, -0.1) is 0 Å². The molecule has 0 atom stereocenters. The standard InChI is InChI=1S/C10H14N4/c1-3-9(8-11)10(12-2)14-6-4-13-5-7-14/h3,13H,1-2,4-7H2/b10-9-. The third kappa shape index (κ3) is 2.21. The molecule has 0 aromatic rings. The number of hydrogen-bond donors (Lipinski definition) is 1. The fourth-order valence-corrected chi connectivity index (χ4v) is 1.42. The van der Waals surface area contributed by atoms with E-state index in [2.05, 4.69) is 29.7 Å². The van der Waals surface area contributed by atoms with Crippen molar-refractivity contribution in [2.75, 3.05) is 26.2 Å². The van der Waals surface area contributed by atoms with E-state index in [9.17, 15) is 0 Å². The SMILES string of the molecule is C=C/C(C#N)=C(\N=C)N1CCNCC1. The molecule has 0 aromatic heterocycles. The van der Waals surface area contributed by atoms with Crippen molar-refractivity contribution in [1.29, 1.82) is 5.26 Å². The van der Waals surface area contributed by atoms with Crippen molar-refractivity contribution in [2.45, 2.75) is 0 Å². The average molecular weight is 190 g/mol. The number of piperazine rings is 1. The molecule has 0 spiro atoms. The van der Waals surface area contributed by atoms with Gasteiger partial charge in [0, 0.05) is 26.2 Å². The smallest absolute Gasteiger partial charge is 0.145 e. The van der Waals surface area contributed by atoms with Crippen LogP contribution in [0.2, 0.25) is 0 Å². The van der Waals surface area contributed by atoms with Crippen LogP contribution in [0.5, 0.6) is 0 Å². The molecule has 1 fully saturated rings. The fourth-order valence-electron chi connectivity index (χ4n) is 1.42. The molecule has 4 heteroatoms. The minimum atomic E-state index is 0.488. The Hall–Kier alpha value is -1.60. The number of aliphatic imine (C=N–C) groups is 1. The van der Waals surface area contributed by atoms with E-state index in [1.165, 1.54) is 6.08 Å². The van der Waals surface area contributed by atoms with E-state index in [1.54, 1.807) is 0 Å². The Morgan fingerprint density at radius 3 is 2.57 bits per heavy atom. The summed E-state index contributed by atoms with van der Waals surface area (Å²) >= 11 is 0. The molecule has 14 heavy (non-hydrogen) atoms. The topological polar surface area (TPSA) is 51.4 Å². The first-order valence-corrected chi connectivity index (χ1v) is 4.52. The first kappa shape index (κ1) is 10.5. The van der Waals surface area contributed by atoms with Gasteiger partial charge < -0.3 is 10.2 Å². The quantitative estimate of drug-likeness (QED) is 0.401. The Kier molecular flexibility index (Phi) is 3.89. The molecule has 0 saturated carbocycles. The summed E-state index contributed by atoms with van der Waals surface area (Å²) in [6.07, 6.45) is 1.52. The molecule has 4 nitrogen and oxygen atoms in total. The minimum absolute atomic E-state index is 0.488. The minimum Gasteiger partial charge on any atom is -0.353 e. The van der Waals surface area contributed by atoms with Gasteiger partial charge in [-0.2, -0.15) is 5.26 Å². The Labute approximate surface area is 84.2 Å². The van der Waals surface area contributed by atoms with Crippen LogP contribution < -0.4 is 5.32 Å². The van der Waals surface area contributed by atoms with Gasteiger partial charge in [0.15, 0.2) is 0 Å². The monoisotopic (exact) mass is 190 g/mol. The Morgan fingerprint density at radius 2 is 2.14 bits per heavy atom. The lowest BCUT2D eigenvalue weighted by Gasteiger charge is -2.29. The first-order valence-electron chi connectivity index (χ1n) is 4.52. The van der Waals surface area contributed by atoms with Gasteiger partial charge in [0.1, 0.15) is 11.9 Å². The number of rotatable bonds is 3. The molecule has 0 radical (unpaired) electrons. The first-order chi connectivity index (χ1) is 6.83. The van der Waals surface area contributed by atoms with Crippen LogP contribution in [-0.2, 0) is 0 Å². The molecular weight excluding hydrogens is 176 g/mol. The summed E-state index contributed by atoms with van der Waals surface area (Å²) < 4.78 is 0. The van der Waals surface area contributed by atoms with E-state index in [1.807, 2.05) is 4.90 Å². The van der Waals surface area contributed by atoms with Gasteiger partial charge in [-0.1, -0.05) is 6.58 Å². The third-order valence-corrected chi connectivity index (χ3v) is 2.13. The zero-order valence-electron chi connectivity index (χ0n) is 8.16. The lowest BCUT2D eigenvalue weighted by Crippen LogP contribution is -2.42. The van der Waals surface area contributed by atoms with E-state index >= 15 is 0 Å². The summed E-state index contributed by atoms with van der Waals surface area (Å²) in [5.74, 6) is 0.643. The van der Waals surface area contributed by atoms with Crippen LogP contribution in [-0.4, -0.2) is 37.8 Å². The summed E-state index contributed by atoms with van der Waals surface area (Å²) in [6.45, 7) is 10.6. The second-order valence-corrected chi connectivity index (χ2v) is 2.95. The second kappa shape index (κ2) is 5.20. The lowest BCUT2D eigenvalue weighted by molar-refractivity contribution is 0.296. The van der Waals surface area contributed by atoms with Gasteiger partial charge in [0.2, 0.25) is 0 Å². The van der Waals surface area contributed by atoms with E-state index in [-0.39, 0.29) is 0 Å². The Morgan fingerprint density at radius 1 is 1.50 bits per heavy atom. The maximum atomic E-state index is 8.85. The number of hydrogen-bond acceptors (Lipinski definition) is 4. The molecular formula is C10H14N4. The number of nitrogens with one attached hydrogen (secondary N) is 1. The van der Waals surface area contributed by atoms with Crippen LogP contribution in [0, 0.1) is 11.3 Å². The normalized spacial score (nSPS) is 18.1. The maximum absolute atomic E-state index is 8.85. The van der Waals surface area contributed by atoms with E-state index < -0.39 is 0 Å². The molecule has 1 aliphatic rings. The Bertz CT molecular complexity index is 292. The molecule has 0 aromatic carbocycles. The van der Waals surface area contributed by atoms with Gasteiger partial charge >= 0.3 is 0 Å². The maximum Gasteiger partial charge on any atom is 0.145 e. The lowest BCUT2D eigenvalue weighted by atomic mass is 10.2. The van der Waals surface area contributed by atoms with Crippen LogP contribution >= 0.6 is 0 Å². The highest BCUT2D eigenvalue weighted by Gasteiger charge is 2.14. The van der Waals surface area contributed by atoms with Gasteiger partial charge in [0.05, 0.1) is 5.57 Å². The van der Waals surface area contributed by atoms with Crippen molar-refractivity contribution < 1.29 is 0 Å². The van der Waals surface area contributed by atoms with Crippen molar-refractivity contribution in [1.82, 2.24) is 10.2 Å². The molecule has 74 valence electrons. The predicted octanol–water partition coefficient (Wildman–Crippen LogP) is 0.513. The van der Waals surface area contributed by atoms with Crippen molar-refractivity contribution in [3.8, 4) is 6.07 Å². The van der Waals surface area contributed by atoms with Gasteiger partial charge in [-0.3, -0.25) is 0 Å². The fraction of sp³-hybridized carbons (Fsp3) is 0.400. The summed E-state index contributed by atoms with van der Waals surface area (Å²) in [5.41, 5.74) is 0.488. The van der Waals surface area contributed by atoms with E-state index in [4.69, 9.17) is 5.26 Å². The van der Waals surface area contributed by atoms with Crippen LogP contribution in [0.3, 0.4) is 0 Å². The molecule has 0 unspecified atom stereocenters. The van der Waals surface area contributed by atoms with Crippen LogP contribution in [0.15, 0.2) is 29.0 Å². The highest BCUT2D eigenvalue weighted by atomic mass is 15.2. The highest BCUT2D eigenvalue weighted by Crippen LogP contribution is 2.12. The van der Waals surface area contributed by atoms with Gasteiger partial charge in [-0.05, 0) is 12.8 Å². The van der Waals surface area contributed by atoms with Gasteiger partial charge in [0.25, 0.3) is 0 Å². The molecule has 1 N–H and O–H groups in total. The highest BCUT2D eigenvalue weighted by molar-refractivity contribution is 5.40. The molecule has 0 aliphatic carbocycles. The Balaban J connectivity index is 2.89. The zero-order valence-corrected chi connectivity index (χ0v) is 8.16. The van der Waals surface area contributed by atoms with E-state index in [0.29, 0.717) is 11.4 Å².